The Morgan fingerprint density at radius 3 is 2.52 bits per heavy atom. The highest BCUT2D eigenvalue weighted by Gasteiger charge is 2.22. The Kier molecular flexibility index (Phi) is 4.33. The van der Waals surface area contributed by atoms with Gasteiger partial charge in [0.1, 0.15) is 0 Å². The van der Waals surface area contributed by atoms with Gasteiger partial charge in [-0.3, -0.25) is 14.2 Å². The minimum atomic E-state index is -0.255. The highest BCUT2D eigenvalue weighted by Crippen LogP contribution is 2.23. The maximum absolute atomic E-state index is 12.6. The van der Waals surface area contributed by atoms with Crippen LogP contribution in [0.3, 0.4) is 0 Å². The lowest BCUT2D eigenvalue weighted by Crippen LogP contribution is -2.24. The molecular formula is C20H18N4O3. The largest absolute Gasteiger partial charge is 0.330 e. The number of aromatic amines is 1. The van der Waals surface area contributed by atoms with Gasteiger partial charge in [0.15, 0.2) is 0 Å². The molecule has 1 aliphatic heterocycles. The van der Waals surface area contributed by atoms with Gasteiger partial charge in [-0.1, -0.05) is 6.07 Å². The third-order valence-corrected chi connectivity index (χ3v) is 4.55. The zero-order valence-corrected chi connectivity index (χ0v) is 14.5. The number of carbonyl (C=O) groups is 2. The van der Waals surface area contributed by atoms with Crippen molar-refractivity contribution in [2.24, 2.45) is 0 Å². The van der Waals surface area contributed by atoms with Crippen LogP contribution in [0.1, 0.15) is 23.2 Å². The lowest BCUT2D eigenvalue weighted by atomic mass is 10.1. The molecule has 2 amide bonds. The van der Waals surface area contributed by atoms with Gasteiger partial charge in [0, 0.05) is 42.3 Å². The van der Waals surface area contributed by atoms with E-state index in [0.29, 0.717) is 29.9 Å². The molecule has 7 nitrogen and oxygen atoms in total. The highest BCUT2D eigenvalue weighted by molar-refractivity contribution is 6.05. The van der Waals surface area contributed by atoms with Crippen LogP contribution in [0.2, 0.25) is 0 Å². The van der Waals surface area contributed by atoms with E-state index in [0.717, 1.165) is 12.1 Å². The molecule has 0 atom stereocenters. The number of nitrogens with one attached hydrogen (secondary N) is 2. The number of hydrogen-bond donors (Lipinski definition) is 2. The van der Waals surface area contributed by atoms with Gasteiger partial charge in [-0.25, -0.2) is 4.79 Å². The van der Waals surface area contributed by atoms with Crippen molar-refractivity contribution in [3.05, 3.63) is 77.0 Å². The van der Waals surface area contributed by atoms with E-state index in [1.807, 2.05) is 6.07 Å². The van der Waals surface area contributed by atoms with E-state index in [9.17, 15) is 14.4 Å². The normalized spacial score (nSPS) is 13.8. The summed E-state index contributed by atoms with van der Waals surface area (Å²) in [5.74, 6) is -0.168. The third kappa shape index (κ3) is 3.39. The quantitative estimate of drug-likeness (QED) is 0.748. The number of aromatic nitrogens is 2. The molecule has 1 fully saturated rings. The number of rotatable bonds is 4. The van der Waals surface area contributed by atoms with E-state index in [4.69, 9.17) is 0 Å². The summed E-state index contributed by atoms with van der Waals surface area (Å²) in [7, 11) is 0. The van der Waals surface area contributed by atoms with Crippen molar-refractivity contribution < 1.29 is 9.59 Å². The maximum atomic E-state index is 12.6. The molecule has 1 saturated heterocycles. The number of H-pyrrole nitrogens is 1. The van der Waals surface area contributed by atoms with E-state index in [1.165, 1.54) is 4.57 Å². The minimum absolute atomic E-state index is 0.0862. The average molecular weight is 362 g/mol. The van der Waals surface area contributed by atoms with Crippen LogP contribution in [0.25, 0.3) is 5.69 Å². The summed E-state index contributed by atoms with van der Waals surface area (Å²) in [6.45, 7) is 0.684. The van der Waals surface area contributed by atoms with Gasteiger partial charge in [-0.2, -0.15) is 0 Å². The first kappa shape index (κ1) is 16.8. The Morgan fingerprint density at radius 1 is 1.04 bits per heavy atom. The van der Waals surface area contributed by atoms with Crippen LogP contribution < -0.4 is 15.9 Å². The molecule has 0 saturated carbocycles. The summed E-state index contributed by atoms with van der Waals surface area (Å²) in [5.41, 5.74) is 2.33. The predicted molar refractivity (Wildman–Crippen MR) is 102 cm³/mol. The van der Waals surface area contributed by atoms with Gasteiger partial charge in [-0.15, -0.1) is 0 Å². The van der Waals surface area contributed by atoms with Crippen LogP contribution in [0.15, 0.2) is 65.7 Å². The summed E-state index contributed by atoms with van der Waals surface area (Å²) < 4.78 is 1.47. The van der Waals surface area contributed by atoms with Gasteiger partial charge < -0.3 is 15.2 Å². The maximum Gasteiger partial charge on any atom is 0.330 e. The molecule has 2 heterocycles. The number of carbonyl (C=O) groups excluding carboxylic acids is 2. The number of hydrogen-bond acceptors (Lipinski definition) is 3. The van der Waals surface area contributed by atoms with Gasteiger partial charge in [0.05, 0.1) is 5.69 Å². The van der Waals surface area contributed by atoms with Crippen LogP contribution in [-0.4, -0.2) is 27.9 Å². The lowest BCUT2D eigenvalue weighted by molar-refractivity contribution is -0.117. The van der Waals surface area contributed by atoms with E-state index < -0.39 is 0 Å². The fraction of sp³-hybridized carbons (Fsp3) is 0.150. The van der Waals surface area contributed by atoms with Crippen LogP contribution in [0.4, 0.5) is 11.4 Å². The second-order valence-electron chi connectivity index (χ2n) is 6.34. The number of nitrogens with zero attached hydrogens (tertiary/aromatic N) is 2. The Morgan fingerprint density at radius 2 is 1.85 bits per heavy atom. The molecule has 0 spiro atoms. The van der Waals surface area contributed by atoms with Crippen LogP contribution in [0.5, 0.6) is 0 Å². The Bertz CT molecular complexity index is 1050. The molecule has 0 bridgehead atoms. The average Bonchev–Trinajstić information content (AvgIpc) is 3.30. The van der Waals surface area contributed by atoms with Gasteiger partial charge >= 0.3 is 5.69 Å². The molecule has 2 aromatic carbocycles. The van der Waals surface area contributed by atoms with Crippen molar-refractivity contribution in [1.82, 2.24) is 9.55 Å². The second-order valence-corrected chi connectivity index (χ2v) is 6.34. The summed E-state index contributed by atoms with van der Waals surface area (Å²) in [5, 5.41) is 2.84. The predicted octanol–water partition coefficient (Wildman–Crippen LogP) is 2.54. The van der Waals surface area contributed by atoms with E-state index in [2.05, 4.69) is 10.3 Å². The zero-order chi connectivity index (χ0) is 18.8. The molecule has 0 radical (unpaired) electrons. The number of benzene rings is 2. The topological polar surface area (TPSA) is 87.2 Å². The Balaban J connectivity index is 1.50. The van der Waals surface area contributed by atoms with Crippen molar-refractivity contribution in [2.75, 3.05) is 16.8 Å². The molecule has 1 aliphatic rings. The Labute approximate surface area is 155 Å². The number of anilines is 2. The molecule has 4 rings (SSSR count). The second kappa shape index (κ2) is 6.95. The van der Waals surface area contributed by atoms with Crippen molar-refractivity contribution in [3.8, 4) is 5.69 Å². The van der Waals surface area contributed by atoms with Gasteiger partial charge in [-0.05, 0) is 48.9 Å². The summed E-state index contributed by atoms with van der Waals surface area (Å²) in [6.07, 6.45) is 4.59. The molecule has 136 valence electrons. The van der Waals surface area contributed by atoms with E-state index in [-0.39, 0.29) is 17.5 Å². The van der Waals surface area contributed by atoms with Crippen molar-refractivity contribution in [1.29, 1.82) is 0 Å². The van der Waals surface area contributed by atoms with Crippen LogP contribution in [-0.2, 0) is 4.79 Å². The molecule has 2 N–H and O–H groups in total. The SMILES string of the molecule is O=C(Nc1ccc(-n2cc[nH]c2=O)cc1)c1cccc(N2CCCC2=O)c1. The zero-order valence-electron chi connectivity index (χ0n) is 14.5. The third-order valence-electron chi connectivity index (χ3n) is 4.55. The van der Waals surface area contributed by atoms with Crippen molar-refractivity contribution in [2.45, 2.75) is 12.8 Å². The lowest BCUT2D eigenvalue weighted by Gasteiger charge is -2.16. The Hall–Kier alpha value is -3.61. The standard InChI is InChI=1S/C20H18N4O3/c25-18-5-2-11-23(18)17-4-1-3-14(13-17)19(26)22-15-6-8-16(9-7-15)24-12-10-21-20(24)27/h1,3-4,6-10,12-13H,2,5,11H2,(H,21,27)(H,22,26). The van der Waals surface area contributed by atoms with Gasteiger partial charge in [0.25, 0.3) is 5.91 Å². The first-order valence-electron chi connectivity index (χ1n) is 8.70. The van der Waals surface area contributed by atoms with E-state index in [1.54, 1.807) is 59.8 Å². The molecular weight excluding hydrogens is 344 g/mol. The van der Waals surface area contributed by atoms with Crippen molar-refractivity contribution >= 4 is 23.2 Å². The van der Waals surface area contributed by atoms with E-state index >= 15 is 0 Å². The fourth-order valence-electron chi connectivity index (χ4n) is 3.17. The summed E-state index contributed by atoms with van der Waals surface area (Å²) >= 11 is 0. The van der Waals surface area contributed by atoms with Gasteiger partial charge in [0.2, 0.25) is 5.91 Å². The first-order valence-corrected chi connectivity index (χ1v) is 8.70. The highest BCUT2D eigenvalue weighted by atomic mass is 16.2. The fourth-order valence-corrected chi connectivity index (χ4v) is 3.17. The summed E-state index contributed by atoms with van der Waals surface area (Å²) in [4.78, 5) is 40.4. The number of imidazole rings is 1. The number of amides is 2. The van der Waals surface area contributed by atoms with Crippen LogP contribution >= 0.6 is 0 Å². The summed E-state index contributed by atoms with van der Waals surface area (Å²) in [6, 6.07) is 14.0. The first-order chi connectivity index (χ1) is 13.1. The monoisotopic (exact) mass is 362 g/mol. The molecule has 27 heavy (non-hydrogen) atoms. The smallest absolute Gasteiger partial charge is 0.322 e. The molecule has 0 unspecified atom stereocenters. The molecule has 1 aromatic heterocycles. The molecule has 7 heteroatoms. The van der Waals surface area contributed by atoms with Crippen molar-refractivity contribution in [3.63, 3.8) is 0 Å². The molecule has 3 aromatic rings. The minimum Gasteiger partial charge on any atom is -0.322 e. The van der Waals surface area contributed by atoms with Crippen LogP contribution in [0, 0.1) is 0 Å². The molecule has 0 aliphatic carbocycles.